The zero-order chi connectivity index (χ0) is 17.4. The number of carbonyl (C=O) groups is 3. The molecule has 0 bridgehead atoms. The van der Waals surface area contributed by atoms with Crippen LogP contribution >= 0.6 is 11.8 Å². The van der Waals surface area contributed by atoms with Gasteiger partial charge < -0.3 is 21.5 Å². The monoisotopic (exact) mass is 342 g/mol. The van der Waals surface area contributed by atoms with E-state index in [0.717, 1.165) is 11.8 Å². The Hall–Kier alpha value is -1.98. The number of thioether (sulfide) groups is 1. The van der Waals surface area contributed by atoms with Crippen LogP contribution in [0.4, 0.5) is 0 Å². The summed E-state index contributed by atoms with van der Waals surface area (Å²) in [4.78, 5) is 38.5. The maximum atomic E-state index is 12.0. The van der Waals surface area contributed by atoms with Gasteiger partial charge in [0.15, 0.2) is 0 Å². The summed E-state index contributed by atoms with van der Waals surface area (Å²) in [5, 5.41) is 19.9. The van der Waals surface area contributed by atoms with E-state index in [-0.39, 0.29) is 17.5 Å². The number of primary amides is 1. The zero-order valence-corrected chi connectivity index (χ0v) is 13.0. The van der Waals surface area contributed by atoms with Gasteiger partial charge >= 0.3 is 0 Å². The van der Waals surface area contributed by atoms with Gasteiger partial charge in [0.2, 0.25) is 16.9 Å². The van der Waals surface area contributed by atoms with Crippen molar-refractivity contribution in [1.29, 1.82) is 0 Å². The van der Waals surface area contributed by atoms with E-state index in [4.69, 9.17) is 10.9 Å². The van der Waals surface area contributed by atoms with Crippen LogP contribution in [-0.4, -0.2) is 39.3 Å². The van der Waals surface area contributed by atoms with Gasteiger partial charge in [-0.25, -0.2) is 0 Å². The molecule has 23 heavy (non-hydrogen) atoms. The van der Waals surface area contributed by atoms with Crippen molar-refractivity contribution in [1.82, 2.24) is 10.7 Å². The standard InChI is InChI=1S/C13H16N3O6S/c1-8(17)15-11(12(14)18)7-23-13(19)10-4-2-9(3-5-10)6-22-16(20)21/h2-5,11,20H,6-7H2,1H3,(H2,14,18)(H,15,17)/q-1. The Morgan fingerprint density at radius 2 is 2.00 bits per heavy atom. The lowest BCUT2D eigenvalue weighted by Crippen LogP contribution is -2.45. The van der Waals surface area contributed by atoms with Crippen molar-refractivity contribution in [2.75, 3.05) is 5.75 Å². The van der Waals surface area contributed by atoms with Crippen molar-refractivity contribution in [2.45, 2.75) is 19.6 Å². The van der Waals surface area contributed by atoms with Crippen LogP contribution in [0, 0.1) is 5.21 Å². The third-order valence-corrected chi connectivity index (χ3v) is 3.63. The summed E-state index contributed by atoms with van der Waals surface area (Å²) in [7, 11) is 0. The van der Waals surface area contributed by atoms with Crippen LogP contribution in [0.15, 0.2) is 24.3 Å². The van der Waals surface area contributed by atoms with Gasteiger partial charge in [-0.1, -0.05) is 36.0 Å². The third kappa shape index (κ3) is 7.21. The fraction of sp³-hybridized carbons (Fsp3) is 0.308. The van der Waals surface area contributed by atoms with Crippen molar-refractivity contribution in [3.8, 4) is 0 Å². The molecule has 1 unspecified atom stereocenters. The molecule has 0 fully saturated rings. The topological polar surface area (TPSA) is 145 Å². The number of carbonyl (C=O) groups excluding carboxylic acids is 3. The Labute approximate surface area is 136 Å². The molecule has 1 aromatic rings. The van der Waals surface area contributed by atoms with E-state index in [1.807, 2.05) is 0 Å². The van der Waals surface area contributed by atoms with Gasteiger partial charge in [-0.15, -0.1) is 5.39 Å². The second-order valence-corrected chi connectivity index (χ2v) is 5.45. The molecule has 0 saturated heterocycles. The number of amides is 2. The number of rotatable bonds is 8. The highest BCUT2D eigenvalue weighted by molar-refractivity contribution is 8.14. The summed E-state index contributed by atoms with van der Waals surface area (Å²) in [5.41, 5.74) is 6.09. The Balaban J connectivity index is 2.56. The number of hydrogen-bond acceptors (Lipinski definition) is 8. The summed E-state index contributed by atoms with van der Waals surface area (Å²) < 4.78 is 0. The predicted octanol–water partition coefficient (Wildman–Crippen LogP) is 0.171. The first-order valence-corrected chi connectivity index (χ1v) is 7.39. The van der Waals surface area contributed by atoms with Crippen LogP contribution in [0.5, 0.6) is 0 Å². The van der Waals surface area contributed by atoms with Crippen molar-refractivity contribution in [2.24, 2.45) is 5.73 Å². The summed E-state index contributed by atoms with van der Waals surface area (Å²) in [6.07, 6.45) is 0. The van der Waals surface area contributed by atoms with E-state index >= 15 is 0 Å². The van der Waals surface area contributed by atoms with Crippen molar-refractivity contribution >= 4 is 28.7 Å². The van der Waals surface area contributed by atoms with Gasteiger partial charge in [0, 0.05) is 18.2 Å². The Bertz CT molecular complexity index is 563. The molecule has 1 rings (SSSR count). The smallest absolute Gasteiger partial charge is 0.240 e. The van der Waals surface area contributed by atoms with Crippen LogP contribution in [-0.2, 0) is 21.0 Å². The molecular formula is C13H16N3O6S-. The SMILES string of the molecule is CC(=O)NC(CSC(=O)c1ccc(CON([O-])O)cc1)C(N)=O. The molecule has 4 N–H and O–H groups in total. The minimum Gasteiger partial charge on any atom is -0.738 e. The van der Waals surface area contributed by atoms with Gasteiger partial charge in [0.05, 0.1) is 6.61 Å². The highest BCUT2D eigenvalue weighted by Gasteiger charge is 2.18. The Morgan fingerprint density at radius 3 is 2.48 bits per heavy atom. The molecule has 0 aliphatic carbocycles. The van der Waals surface area contributed by atoms with Crippen LogP contribution in [0.25, 0.3) is 0 Å². The molecule has 2 amide bonds. The molecule has 1 atom stereocenters. The fourth-order valence-electron chi connectivity index (χ4n) is 1.55. The first-order chi connectivity index (χ1) is 10.8. The molecule has 126 valence electrons. The average molecular weight is 342 g/mol. The minimum atomic E-state index is -0.929. The van der Waals surface area contributed by atoms with Gasteiger partial charge in [-0.2, -0.15) is 0 Å². The lowest BCUT2D eigenvalue weighted by atomic mass is 10.2. The van der Waals surface area contributed by atoms with E-state index in [1.165, 1.54) is 19.1 Å². The molecule has 0 saturated carbocycles. The highest BCUT2D eigenvalue weighted by Crippen LogP contribution is 2.15. The second kappa shape index (κ2) is 9.22. The van der Waals surface area contributed by atoms with Crippen LogP contribution in [0.2, 0.25) is 0 Å². The summed E-state index contributed by atoms with van der Waals surface area (Å²) in [6, 6.07) is 5.20. The molecule has 0 aliphatic heterocycles. The molecule has 0 heterocycles. The number of hydrogen-bond donors (Lipinski definition) is 3. The fourth-order valence-corrected chi connectivity index (χ4v) is 2.42. The average Bonchev–Trinajstić information content (AvgIpc) is 2.49. The maximum absolute atomic E-state index is 12.0. The van der Waals surface area contributed by atoms with Gasteiger partial charge in [-0.3, -0.25) is 19.2 Å². The van der Waals surface area contributed by atoms with Crippen molar-refractivity contribution in [3.63, 3.8) is 0 Å². The van der Waals surface area contributed by atoms with Gasteiger partial charge in [0.25, 0.3) is 0 Å². The maximum Gasteiger partial charge on any atom is 0.240 e. The first kappa shape index (κ1) is 19.1. The Morgan fingerprint density at radius 1 is 1.39 bits per heavy atom. The summed E-state index contributed by atoms with van der Waals surface area (Å²) >= 11 is 0.848. The summed E-state index contributed by atoms with van der Waals surface area (Å²) in [5.74, 6) is -1.12. The molecule has 0 radical (unpaired) electrons. The van der Waals surface area contributed by atoms with Gasteiger partial charge in [0.1, 0.15) is 6.04 Å². The van der Waals surface area contributed by atoms with Crippen LogP contribution < -0.4 is 11.1 Å². The van der Waals surface area contributed by atoms with E-state index in [9.17, 15) is 19.6 Å². The molecule has 0 aromatic heterocycles. The van der Waals surface area contributed by atoms with Crippen molar-refractivity contribution < 1.29 is 24.4 Å². The van der Waals surface area contributed by atoms with Crippen LogP contribution in [0.3, 0.4) is 0 Å². The zero-order valence-electron chi connectivity index (χ0n) is 12.2. The Kier molecular flexibility index (Phi) is 7.65. The molecule has 0 spiro atoms. The quantitative estimate of drug-likeness (QED) is 0.567. The largest absolute Gasteiger partial charge is 0.738 e. The lowest BCUT2D eigenvalue weighted by Gasteiger charge is -2.18. The van der Waals surface area contributed by atoms with E-state index in [1.54, 1.807) is 12.1 Å². The van der Waals surface area contributed by atoms with E-state index in [2.05, 4.69) is 10.2 Å². The molecule has 0 aliphatic rings. The number of benzene rings is 1. The molecular weight excluding hydrogens is 326 g/mol. The third-order valence-electron chi connectivity index (χ3n) is 2.63. The lowest BCUT2D eigenvalue weighted by molar-refractivity contribution is -0.312. The number of nitrogens with two attached hydrogens (primary N) is 1. The predicted molar refractivity (Wildman–Crippen MR) is 81.8 cm³/mol. The molecule has 9 nitrogen and oxygen atoms in total. The van der Waals surface area contributed by atoms with Crippen LogP contribution in [0.1, 0.15) is 22.8 Å². The van der Waals surface area contributed by atoms with Crippen molar-refractivity contribution in [3.05, 3.63) is 40.6 Å². The normalized spacial score (nSPS) is 12.0. The molecule has 10 heteroatoms. The van der Waals surface area contributed by atoms with E-state index < -0.39 is 23.2 Å². The number of nitrogens with one attached hydrogen (secondary N) is 1. The highest BCUT2D eigenvalue weighted by atomic mass is 32.2. The first-order valence-electron chi connectivity index (χ1n) is 6.41. The van der Waals surface area contributed by atoms with E-state index in [0.29, 0.717) is 11.1 Å². The molecule has 1 aromatic carbocycles. The van der Waals surface area contributed by atoms with Gasteiger partial charge in [-0.05, 0) is 5.56 Å². The minimum absolute atomic E-state index is 0.0221. The second-order valence-electron chi connectivity index (χ2n) is 4.46. The summed E-state index contributed by atoms with van der Waals surface area (Å²) in [6.45, 7) is 1.10. The number of nitrogens with zero attached hydrogens (tertiary/aromatic N) is 1.